The van der Waals surface area contributed by atoms with Gasteiger partial charge in [0.1, 0.15) is 6.61 Å². The van der Waals surface area contributed by atoms with Crippen molar-refractivity contribution in [2.24, 2.45) is 0 Å². The number of methoxy groups -OCH3 is 1. The van der Waals surface area contributed by atoms with Crippen molar-refractivity contribution in [3.8, 4) is 11.5 Å². The van der Waals surface area contributed by atoms with Crippen molar-refractivity contribution in [1.29, 1.82) is 0 Å². The number of halogens is 2. The van der Waals surface area contributed by atoms with Crippen molar-refractivity contribution in [3.05, 3.63) is 18.2 Å². The number of hydrogen-bond donors (Lipinski definition) is 0. The van der Waals surface area contributed by atoms with Gasteiger partial charge in [-0.2, -0.15) is 0 Å². The summed E-state index contributed by atoms with van der Waals surface area (Å²) in [6.45, 7) is 7.11. The number of rotatable bonds is 5. The molecule has 1 aliphatic rings. The van der Waals surface area contributed by atoms with Crippen LogP contribution in [0, 0.1) is 0 Å². The molecule has 7 heteroatoms. The Balaban J connectivity index is 2.24. The summed E-state index contributed by atoms with van der Waals surface area (Å²) in [5.41, 5.74) is -0.243. The van der Waals surface area contributed by atoms with Gasteiger partial charge in [-0.3, -0.25) is 0 Å². The van der Waals surface area contributed by atoms with Crippen LogP contribution in [0.5, 0.6) is 11.5 Å². The molecule has 22 heavy (non-hydrogen) atoms. The molecule has 0 atom stereocenters. The van der Waals surface area contributed by atoms with Gasteiger partial charge >= 0.3 is 7.12 Å². The van der Waals surface area contributed by atoms with Crippen LogP contribution in [0.2, 0.25) is 0 Å². The second-order valence-electron chi connectivity index (χ2n) is 6.20. The third-order valence-electron chi connectivity index (χ3n) is 4.08. The summed E-state index contributed by atoms with van der Waals surface area (Å²) in [6, 6.07) is 5.04. The second-order valence-corrected chi connectivity index (χ2v) is 6.20. The average Bonchev–Trinajstić information content (AvgIpc) is 2.64. The minimum atomic E-state index is -2.55. The van der Waals surface area contributed by atoms with Crippen LogP contribution in [0.25, 0.3) is 0 Å². The van der Waals surface area contributed by atoms with Gasteiger partial charge < -0.3 is 18.8 Å². The maximum absolute atomic E-state index is 12.3. The van der Waals surface area contributed by atoms with E-state index in [1.54, 1.807) is 18.2 Å². The highest BCUT2D eigenvalue weighted by molar-refractivity contribution is 6.62. The molecule has 4 nitrogen and oxygen atoms in total. The molecule has 0 aliphatic carbocycles. The second kappa shape index (κ2) is 6.04. The maximum Gasteiger partial charge on any atom is 0.494 e. The summed E-state index contributed by atoms with van der Waals surface area (Å²) in [6.07, 6.45) is -2.55. The first kappa shape index (κ1) is 17.0. The lowest BCUT2D eigenvalue weighted by Gasteiger charge is -2.32. The van der Waals surface area contributed by atoms with Crippen LogP contribution in [-0.4, -0.2) is 38.5 Å². The lowest BCUT2D eigenvalue weighted by atomic mass is 9.79. The first-order valence-electron chi connectivity index (χ1n) is 7.11. The van der Waals surface area contributed by atoms with E-state index in [2.05, 4.69) is 0 Å². The molecule has 1 aromatic carbocycles. The number of alkyl halides is 2. The van der Waals surface area contributed by atoms with Gasteiger partial charge in [0.15, 0.2) is 11.5 Å². The lowest BCUT2D eigenvalue weighted by molar-refractivity contribution is 0.00578. The van der Waals surface area contributed by atoms with Gasteiger partial charge in [-0.15, -0.1) is 0 Å². The fraction of sp³-hybridized carbons (Fsp3) is 0.600. The SMILES string of the molecule is COc1ccc(B2OC(C)(C)C(C)(C)O2)cc1OCC(F)F. The van der Waals surface area contributed by atoms with Gasteiger partial charge in [0.2, 0.25) is 0 Å². The summed E-state index contributed by atoms with van der Waals surface area (Å²) in [7, 11) is 0.878. The van der Waals surface area contributed by atoms with E-state index in [4.69, 9.17) is 18.8 Å². The van der Waals surface area contributed by atoms with Gasteiger partial charge in [0.25, 0.3) is 6.43 Å². The molecular formula is C15H21BF2O4. The average molecular weight is 314 g/mol. The van der Waals surface area contributed by atoms with E-state index in [-0.39, 0.29) is 5.75 Å². The summed E-state index contributed by atoms with van der Waals surface area (Å²) >= 11 is 0. The Morgan fingerprint density at radius 1 is 1.09 bits per heavy atom. The molecule has 0 N–H and O–H groups in total. The van der Waals surface area contributed by atoms with E-state index in [1.165, 1.54) is 7.11 Å². The van der Waals surface area contributed by atoms with Crippen molar-refractivity contribution in [1.82, 2.24) is 0 Å². The summed E-state index contributed by atoms with van der Waals surface area (Å²) in [5.74, 6) is 0.635. The molecule has 0 saturated carbocycles. The minimum Gasteiger partial charge on any atom is -0.493 e. The van der Waals surface area contributed by atoms with Gasteiger partial charge in [-0.1, -0.05) is 6.07 Å². The van der Waals surface area contributed by atoms with Crippen LogP contribution in [0.4, 0.5) is 8.78 Å². The highest BCUT2D eigenvalue weighted by atomic mass is 19.3. The predicted octanol–water partition coefficient (Wildman–Crippen LogP) is 2.64. The van der Waals surface area contributed by atoms with Crippen molar-refractivity contribution in [3.63, 3.8) is 0 Å². The molecule has 0 radical (unpaired) electrons. The van der Waals surface area contributed by atoms with Gasteiger partial charge in [0.05, 0.1) is 18.3 Å². The number of benzene rings is 1. The summed E-state index contributed by atoms with van der Waals surface area (Å²) in [5, 5.41) is 0. The van der Waals surface area contributed by atoms with Crippen LogP contribution in [-0.2, 0) is 9.31 Å². The zero-order chi connectivity index (χ0) is 16.5. The zero-order valence-electron chi connectivity index (χ0n) is 13.5. The Morgan fingerprint density at radius 3 is 2.18 bits per heavy atom. The molecule has 0 aromatic heterocycles. The predicted molar refractivity (Wildman–Crippen MR) is 80.2 cm³/mol. The molecule has 1 aliphatic heterocycles. The zero-order valence-corrected chi connectivity index (χ0v) is 13.5. The normalized spacial score (nSPS) is 19.5. The monoisotopic (exact) mass is 314 g/mol. The van der Waals surface area contributed by atoms with Crippen LogP contribution >= 0.6 is 0 Å². The largest absolute Gasteiger partial charge is 0.494 e. The van der Waals surface area contributed by atoms with Crippen molar-refractivity contribution >= 4 is 12.6 Å². The Hall–Kier alpha value is -1.34. The van der Waals surface area contributed by atoms with Crippen LogP contribution in [0.3, 0.4) is 0 Å². The molecule has 2 rings (SSSR count). The number of hydrogen-bond acceptors (Lipinski definition) is 4. The quantitative estimate of drug-likeness (QED) is 0.783. The Labute approximate surface area is 129 Å². The van der Waals surface area contributed by atoms with E-state index in [9.17, 15) is 8.78 Å². The van der Waals surface area contributed by atoms with Gasteiger partial charge in [0, 0.05) is 0 Å². The van der Waals surface area contributed by atoms with E-state index < -0.39 is 31.4 Å². The Bertz CT molecular complexity index is 518. The minimum absolute atomic E-state index is 0.245. The molecule has 1 heterocycles. The van der Waals surface area contributed by atoms with Crippen LogP contribution in [0.1, 0.15) is 27.7 Å². The third-order valence-corrected chi connectivity index (χ3v) is 4.08. The fourth-order valence-corrected chi connectivity index (χ4v) is 2.08. The summed E-state index contributed by atoms with van der Waals surface area (Å²) < 4.78 is 46.8. The van der Waals surface area contributed by atoms with E-state index in [1.807, 2.05) is 27.7 Å². The molecule has 0 unspecified atom stereocenters. The van der Waals surface area contributed by atoms with E-state index in [0.29, 0.717) is 11.2 Å². The Kier molecular flexibility index (Phi) is 4.68. The van der Waals surface area contributed by atoms with Crippen LogP contribution < -0.4 is 14.9 Å². The standard InChI is InChI=1S/C15H21BF2O4/c1-14(2)15(3,4)22-16(21-14)10-6-7-11(19-5)12(8-10)20-9-13(17)18/h6-8,13H,9H2,1-5H3. The van der Waals surface area contributed by atoms with Crippen molar-refractivity contribution in [2.45, 2.75) is 45.3 Å². The Morgan fingerprint density at radius 2 is 1.68 bits per heavy atom. The summed E-state index contributed by atoms with van der Waals surface area (Å²) in [4.78, 5) is 0. The van der Waals surface area contributed by atoms with Gasteiger partial charge in [-0.25, -0.2) is 8.78 Å². The highest BCUT2D eigenvalue weighted by Crippen LogP contribution is 2.37. The molecule has 1 aromatic rings. The molecule has 1 fully saturated rings. The van der Waals surface area contributed by atoms with E-state index >= 15 is 0 Å². The fourth-order valence-electron chi connectivity index (χ4n) is 2.08. The molecular weight excluding hydrogens is 293 g/mol. The third kappa shape index (κ3) is 3.36. The van der Waals surface area contributed by atoms with Crippen LogP contribution in [0.15, 0.2) is 18.2 Å². The van der Waals surface area contributed by atoms with Crippen molar-refractivity contribution < 1.29 is 27.6 Å². The van der Waals surface area contributed by atoms with Crippen molar-refractivity contribution in [2.75, 3.05) is 13.7 Å². The lowest BCUT2D eigenvalue weighted by Crippen LogP contribution is -2.41. The first-order valence-corrected chi connectivity index (χ1v) is 7.11. The molecule has 0 spiro atoms. The molecule has 122 valence electrons. The molecule has 0 amide bonds. The highest BCUT2D eigenvalue weighted by Gasteiger charge is 2.51. The maximum atomic E-state index is 12.3. The molecule has 0 bridgehead atoms. The smallest absolute Gasteiger partial charge is 0.493 e. The number of ether oxygens (including phenoxy) is 2. The first-order chi connectivity index (χ1) is 10.2. The van der Waals surface area contributed by atoms with Gasteiger partial charge in [-0.05, 0) is 45.3 Å². The van der Waals surface area contributed by atoms with E-state index in [0.717, 1.165) is 0 Å². The molecule has 1 saturated heterocycles. The topological polar surface area (TPSA) is 36.9 Å².